The summed E-state index contributed by atoms with van der Waals surface area (Å²) in [5, 5.41) is 9.14. The standard InChI is InChI=1S/C11H20O3/c1-2-3-4-5-6-11(10(12)13)7-8-14-9-11/h2-9H2,1H3,(H,12,13). The molecule has 1 aliphatic rings. The van der Waals surface area contributed by atoms with E-state index in [4.69, 9.17) is 9.84 Å². The third-order valence-electron chi connectivity index (χ3n) is 3.07. The summed E-state index contributed by atoms with van der Waals surface area (Å²) in [6, 6.07) is 0. The van der Waals surface area contributed by atoms with Crippen molar-refractivity contribution in [2.75, 3.05) is 13.2 Å². The SMILES string of the molecule is CCCCCCC1(C(=O)O)CCOC1. The summed E-state index contributed by atoms with van der Waals surface area (Å²) in [4.78, 5) is 11.1. The Morgan fingerprint density at radius 2 is 2.21 bits per heavy atom. The van der Waals surface area contributed by atoms with Crippen molar-refractivity contribution in [1.29, 1.82) is 0 Å². The van der Waals surface area contributed by atoms with Gasteiger partial charge in [-0.1, -0.05) is 32.6 Å². The normalized spacial score (nSPS) is 26.6. The molecule has 0 aromatic rings. The van der Waals surface area contributed by atoms with Crippen LogP contribution in [-0.4, -0.2) is 24.3 Å². The maximum absolute atomic E-state index is 11.1. The third-order valence-corrected chi connectivity index (χ3v) is 3.07. The molecule has 0 aliphatic carbocycles. The van der Waals surface area contributed by atoms with Gasteiger partial charge in [-0.25, -0.2) is 0 Å². The second-order valence-corrected chi connectivity index (χ2v) is 4.20. The molecule has 1 heterocycles. The molecule has 0 spiro atoms. The number of carboxylic acids is 1. The molecule has 1 atom stereocenters. The monoisotopic (exact) mass is 200 g/mol. The summed E-state index contributed by atoms with van der Waals surface area (Å²) < 4.78 is 5.20. The molecule has 82 valence electrons. The van der Waals surface area contributed by atoms with Gasteiger partial charge in [0, 0.05) is 6.61 Å². The van der Waals surface area contributed by atoms with Gasteiger partial charge in [0.1, 0.15) is 0 Å². The van der Waals surface area contributed by atoms with E-state index in [0.717, 1.165) is 19.3 Å². The first-order valence-electron chi connectivity index (χ1n) is 5.52. The van der Waals surface area contributed by atoms with Gasteiger partial charge in [-0.05, 0) is 12.8 Å². The van der Waals surface area contributed by atoms with E-state index >= 15 is 0 Å². The Bertz CT molecular complexity index is 183. The predicted molar refractivity (Wildman–Crippen MR) is 54.3 cm³/mol. The van der Waals surface area contributed by atoms with Crippen molar-refractivity contribution in [2.24, 2.45) is 5.41 Å². The molecular weight excluding hydrogens is 180 g/mol. The van der Waals surface area contributed by atoms with Crippen molar-refractivity contribution in [1.82, 2.24) is 0 Å². The number of hydrogen-bond donors (Lipinski definition) is 1. The van der Waals surface area contributed by atoms with E-state index in [0.29, 0.717) is 19.6 Å². The number of hydrogen-bond acceptors (Lipinski definition) is 2. The van der Waals surface area contributed by atoms with Crippen LogP contribution in [0.1, 0.15) is 45.4 Å². The fourth-order valence-corrected chi connectivity index (χ4v) is 1.97. The minimum absolute atomic E-state index is 0.411. The zero-order chi connectivity index (χ0) is 10.4. The molecule has 1 unspecified atom stereocenters. The highest BCUT2D eigenvalue weighted by Crippen LogP contribution is 2.34. The van der Waals surface area contributed by atoms with Gasteiger partial charge in [-0.2, -0.15) is 0 Å². The molecular formula is C11H20O3. The lowest BCUT2D eigenvalue weighted by atomic mass is 9.82. The van der Waals surface area contributed by atoms with Gasteiger partial charge in [-0.15, -0.1) is 0 Å². The highest BCUT2D eigenvalue weighted by molar-refractivity contribution is 5.75. The Morgan fingerprint density at radius 3 is 2.71 bits per heavy atom. The van der Waals surface area contributed by atoms with Crippen LogP contribution in [0.3, 0.4) is 0 Å². The topological polar surface area (TPSA) is 46.5 Å². The Kier molecular flexibility index (Phi) is 4.39. The molecule has 0 aromatic heterocycles. The fraction of sp³-hybridized carbons (Fsp3) is 0.909. The highest BCUT2D eigenvalue weighted by atomic mass is 16.5. The number of carboxylic acid groups (broad SMARTS) is 1. The first-order valence-corrected chi connectivity index (χ1v) is 5.52. The molecule has 0 aromatic carbocycles. The van der Waals surface area contributed by atoms with Crippen molar-refractivity contribution in [2.45, 2.75) is 45.4 Å². The van der Waals surface area contributed by atoms with E-state index in [1.165, 1.54) is 12.8 Å². The average Bonchev–Trinajstić information content (AvgIpc) is 2.62. The van der Waals surface area contributed by atoms with E-state index in [1.54, 1.807) is 0 Å². The van der Waals surface area contributed by atoms with Crippen LogP contribution in [0.25, 0.3) is 0 Å². The van der Waals surface area contributed by atoms with E-state index in [9.17, 15) is 4.79 Å². The first kappa shape index (κ1) is 11.5. The van der Waals surface area contributed by atoms with Crippen molar-refractivity contribution < 1.29 is 14.6 Å². The molecule has 0 bridgehead atoms. The van der Waals surface area contributed by atoms with Crippen LogP contribution >= 0.6 is 0 Å². The quantitative estimate of drug-likeness (QED) is 0.670. The molecule has 1 fully saturated rings. The van der Waals surface area contributed by atoms with E-state index in [1.807, 2.05) is 0 Å². The lowest BCUT2D eigenvalue weighted by molar-refractivity contribution is -0.149. The van der Waals surface area contributed by atoms with Gasteiger partial charge in [0.25, 0.3) is 0 Å². The van der Waals surface area contributed by atoms with Crippen molar-refractivity contribution >= 4 is 5.97 Å². The second kappa shape index (κ2) is 5.35. The van der Waals surface area contributed by atoms with Gasteiger partial charge in [0.15, 0.2) is 0 Å². The van der Waals surface area contributed by atoms with Gasteiger partial charge < -0.3 is 9.84 Å². The summed E-state index contributed by atoms with van der Waals surface area (Å²) in [6.45, 7) is 3.18. The molecule has 0 radical (unpaired) electrons. The minimum atomic E-state index is -0.675. The van der Waals surface area contributed by atoms with Crippen molar-refractivity contribution in [3.63, 3.8) is 0 Å². The Balaban J connectivity index is 2.33. The lowest BCUT2D eigenvalue weighted by Crippen LogP contribution is -2.31. The zero-order valence-electron chi connectivity index (χ0n) is 8.92. The van der Waals surface area contributed by atoms with Crippen molar-refractivity contribution in [3.05, 3.63) is 0 Å². The van der Waals surface area contributed by atoms with E-state index in [2.05, 4.69) is 6.92 Å². The van der Waals surface area contributed by atoms with Crippen LogP contribution in [0.2, 0.25) is 0 Å². The summed E-state index contributed by atoms with van der Waals surface area (Å²) in [7, 11) is 0. The van der Waals surface area contributed by atoms with Crippen LogP contribution in [0.4, 0.5) is 0 Å². The van der Waals surface area contributed by atoms with Gasteiger partial charge in [0.2, 0.25) is 0 Å². The molecule has 1 saturated heterocycles. The Hall–Kier alpha value is -0.570. The van der Waals surface area contributed by atoms with Crippen LogP contribution in [0, 0.1) is 5.41 Å². The van der Waals surface area contributed by atoms with Crippen LogP contribution < -0.4 is 0 Å². The predicted octanol–water partition coefficient (Wildman–Crippen LogP) is 2.45. The number of ether oxygens (including phenoxy) is 1. The zero-order valence-corrected chi connectivity index (χ0v) is 8.92. The number of unbranched alkanes of at least 4 members (excludes halogenated alkanes) is 3. The molecule has 1 rings (SSSR count). The molecule has 0 saturated carbocycles. The summed E-state index contributed by atoms with van der Waals surface area (Å²) in [5.74, 6) is -0.675. The smallest absolute Gasteiger partial charge is 0.312 e. The maximum atomic E-state index is 11.1. The largest absolute Gasteiger partial charge is 0.481 e. The first-order chi connectivity index (χ1) is 6.71. The minimum Gasteiger partial charge on any atom is -0.481 e. The number of rotatable bonds is 6. The molecule has 3 nitrogen and oxygen atoms in total. The molecule has 14 heavy (non-hydrogen) atoms. The van der Waals surface area contributed by atoms with Crippen LogP contribution in [0.5, 0.6) is 0 Å². The van der Waals surface area contributed by atoms with Crippen LogP contribution in [0.15, 0.2) is 0 Å². The number of aliphatic carboxylic acids is 1. The van der Waals surface area contributed by atoms with Gasteiger partial charge in [-0.3, -0.25) is 4.79 Å². The van der Waals surface area contributed by atoms with Gasteiger partial charge in [0.05, 0.1) is 12.0 Å². The molecule has 1 aliphatic heterocycles. The maximum Gasteiger partial charge on any atom is 0.312 e. The van der Waals surface area contributed by atoms with Crippen molar-refractivity contribution in [3.8, 4) is 0 Å². The fourth-order valence-electron chi connectivity index (χ4n) is 1.97. The summed E-state index contributed by atoms with van der Waals surface area (Å²) in [6.07, 6.45) is 6.03. The Labute approximate surface area is 85.5 Å². The second-order valence-electron chi connectivity index (χ2n) is 4.20. The Morgan fingerprint density at radius 1 is 1.43 bits per heavy atom. The molecule has 0 amide bonds. The highest BCUT2D eigenvalue weighted by Gasteiger charge is 2.41. The van der Waals surface area contributed by atoms with E-state index in [-0.39, 0.29) is 0 Å². The van der Waals surface area contributed by atoms with Crippen LogP contribution in [-0.2, 0) is 9.53 Å². The summed E-state index contributed by atoms with van der Waals surface area (Å²) >= 11 is 0. The lowest BCUT2D eigenvalue weighted by Gasteiger charge is -2.21. The third kappa shape index (κ3) is 2.71. The molecule has 3 heteroatoms. The number of carbonyl (C=O) groups is 1. The summed E-state index contributed by atoms with van der Waals surface area (Å²) in [5.41, 5.74) is -0.562. The van der Waals surface area contributed by atoms with E-state index < -0.39 is 11.4 Å². The van der Waals surface area contributed by atoms with Gasteiger partial charge >= 0.3 is 5.97 Å². The average molecular weight is 200 g/mol. The molecule has 1 N–H and O–H groups in total.